The molecule has 1 aliphatic carbocycles. The second-order valence-electron chi connectivity index (χ2n) is 12.4. The van der Waals surface area contributed by atoms with Gasteiger partial charge >= 0.3 is 0 Å². The summed E-state index contributed by atoms with van der Waals surface area (Å²) in [5.41, 5.74) is 1.48. The minimum atomic E-state index is -4.29. The normalized spacial score (nSPS) is 15.2. The second-order valence-corrected chi connectivity index (χ2v) is 15.1. The third kappa shape index (κ3) is 8.37. The van der Waals surface area contributed by atoms with E-state index in [0.29, 0.717) is 40.3 Å². The average molecular weight is 737 g/mol. The fourth-order valence-corrected chi connectivity index (χ4v) is 8.33. The highest BCUT2D eigenvalue weighted by atomic mass is 35.5. The number of halogens is 2. The number of sulfonamides is 1. The molecule has 2 aliphatic rings. The molecule has 1 atom stereocenters. The van der Waals surface area contributed by atoms with E-state index in [1.165, 1.54) is 17.0 Å². The van der Waals surface area contributed by atoms with Gasteiger partial charge in [-0.05, 0) is 54.8 Å². The van der Waals surface area contributed by atoms with Crippen LogP contribution < -0.4 is 19.1 Å². The van der Waals surface area contributed by atoms with Crippen LogP contribution in [0.25, 0.3) is 0 Å². The maximum atomic E-state index is 14.8. The first-order chi connectivity index (χ1) is 24.2. The predicted molar refractivity (Wildman–Crippen MR) is 194 cm³/mol. The SMILES string of the molecule is O=C(NC1CCCCC1)[C@@H](Cc1ccccc1)N(Cc1c(Cl)cccc1Cl)C(=O)CN(c1ccc2c(c1)OCCO2)S(=O)(=O)c1ccccc1. The molecule has 9 nitrogen and oxygen atoms in total. The summed E-state index contributed by atoms with van der Waals surface area (Å²) in [6.45, 7) is -0.0964. The van der Waals surface area contributed by atoms with Crippen molar-refractivity contribution in [3.63, 3.8) is 0 Å². The number of rotatable bonds is 12. The summed E-state index contributed by atoms with van der Waals surface area (Å²) in [5.74, 6) is -0.104. The van der Waals surface area contributed by atoms with E-state index in [1.54, 1.807) is 54.6 Å². The number of hydrogen-bond acceptors (Lipinski definition) is 6. The monoisotopic (exact) mass is 735 g/mol. The maximum absolute atomic E-state index is 14.8. The largest absolute Gasteiger partial charge is 0.486 e. The number of fused-ring (bicyclic) bond motifs is 1. The summed E-state index contributed by atoms with van der Waals surface area (Å²) in [6.07, 6.45) is 5.01. The molecule has 0 spiro atoms. The molecule has 0 radical (unpaired) electrons. The van der Waals surface area contributed by atoms with Crippen molar-refractivity contribution in [2.24, 2.45) is 0 Å². The lowest BCUT2D eigenvalue weighted by Gasteiger charge is -2.35. The van der Waals surface area contributed by atoms with Crippen molar-refractivity contribution >= 4 is 50.7 Å². The molecule has 1 heterocycles. The Labute approximate surface area is 303 Å². The van der Waals surface area contributed by atoms with Gasteiger partial charge in [0.05, 0.1) is 10.6 Å². The molecule has 0 unspecified atom stereocenters. The molecule has 50 heavy (non-hydrogen) atoms. The van der Waals surface area contributed by atoms with E-state index in [0.717, 1.165) is 42.0 Å². The molecule has 12 heteroatoms. The number of ether oxygens (including phenoxy) is 2. The van der Waals surface area contributed by atoms with E-state index < -0.39 is 28.5 Å². The topological polar surface area (TPSA) is 105 Å². The van der Waals surface area contributed by atoms with Gasteiger partial charge in [0.2, 0.25) is 11.8 Å². The Balaban J connectivity index is 1.43. The Morgan fingerprint density at radius 1 is 0.800 bits per heavy atom. The second kappa shape index (κ2) is 16.2. The van der Waals surface area contributed by atoms with Crippen LogP contribution in [0.5, 0.6) is 11.5 Å². The summed E-state index contributed by atoms with van der Waals surface area (Å²) in [6, 6.07) is 26.1. The number of carbonyl (C=O) groups excluding carboxylic acids is 2. The van der Waals surface area contributed by atoms with Gasteiger partial charge in [0.25, 0.3) is 10.0 Å². The number of anilines is 1. The molecule has 2 amide bonds. The summed E-state index contributed by atoms with van der Waals surface area (Å²) in [7, 11) is -4.29. The molecule has 1 fully saturated rings. The lowest BCUT2D eigenvalue weighted by atomic mass is 9.94. The van der Waals surface area contributed by atoms with E-state index >= 15 is 0 Å². The van der Waals surface area contributed by atoms with Gasteiger partial charge in [-0.1, -0.05) is 97.1 Å². The van der Waals surface area contributed by atoms with Gasteiger partial charge in [0, 0.05) is 40.7 Å². The number of nitrogens with one attached hydrogen (secondary N) is 1. The van der Waals surface area contributed by atoms with Crippen LogP contribution in [0.1, 0.15) is 43.2 Å². The third-order valence-corrected chi connectivity index (χ3v) is 11.5. The Hall–Kier alpha value is -4.25. The fourth-order valence-electron chi connectivity index (χ4n) is 6.39. The van der Waals surface area contributed by atoms with Gasteiger partial charge in [-0.2, -0.15) is 0 Å². The standard InChI is InChI=1S/C38H39Cl2N3O6S/c39-32-17-10-18-33(40)31(32)25-42(34(23-27-11-4-1-5-12-27)38(45)41-28-13-6-2-7-14-28)37(44)26-43(50(46,47)30-15-8-3-9-16-30)29-19-20-35-36(24-29)49-22-21-48-35/h1,3-5,8-12,15-20,24,28,34H,2,6-7,13-14,21-23,25-26H2,(H,41,45)/t34-/m1/s1. The van der Waals surface area contributed by atoms with Crippen molar-refractivity contribution in [2.75, 3.05) is 24.1 Å². The third-order valence-electron chi connectivity index (χ3n) is 9.04. The molecule has 0 bridgehead atoms. The van der Waals surface area contributed by atoms with Gasteiger partial charge in [0.15, 0.2) is 11.5 Å². The Kier molecular flexibility index (Phi) is 11.5. The Morgan fingerprint density at radius 3 is 2.12 bits per heavy atom. The van der Waals surface area contributed by atoms with Crippen LogP contribution in [0, 0.1) is 0 Å². The van der Waals surface area contributed by atoms with E-state index in [-0.39, 0.29) is 35.5 Å². The number of benzene rings is 4. The molecule has 6 rings (SSSR count). The van der Waals surface area contributed by atoms with E-state index in [4.69, 9.17) is 32.7 Å². The van der Waals surface area contributed by atoms with Gasteiger partial charge in [-0.3, -0.25) is 13.9 Å². The van der Waals surface area contributed by atoms with E-state index in [1.807, 2.05) is 30.3 Å². The average Bonchev–Trinajstić information content (AvgIpc) is 3.14. The highest BCUT2D eigenvalue weighted by molar-refractivity contribution is 7.92. The quantitative estimate of drug-likeness (QED) is 0.167. The molecule has 1 N–H and O–H groups in total. The van der Waals surface area contributed by atoms with Crippen molar-refractivity contribution in [1.29, 1.82) is 0 Å². The van der Waals surface area contributed by atoms with E-state index in [2.05, 4.69) is 5.32 Å². The molecular weight excluding hydrogens is 697 g/mol. The van der Waals surface area contributed by atoms with Crippen LogP contribution in [0.3, 0.4) is 0 Å². The van der Waals surface area contributed by atoms with Crippen molar-refractivity contribution in [3.8, 4) is 11.5 Å². The Bertz CT molecular complexity index is 1890. The molecule has 0 aromatic heterocycles. The first kappa shape index (κ1) is 35.6. The zero-order valence-corrected chi connectivity index (χ0v) is 29.8. The molecule has 1 saturated carbocycles. The molecule has 4 aromatic carbocycles. The van der Waals surface area contributed by atoms with Crippen LogP contribution in [0.2, 0.25) is 10.0 Å². The van der Waals surface area contributed by atoms with Crippen molar-refractivity contribution in [2.45, 2.75) is 62.0 Å². The summed E-state index contributed by atoms with van der Waals surface area (Å²) in [5, 5.41) is 3.85. The smallest absolute Gasteiger partial charge is 0.264 e. The predicted octanol–water partition coefficient (Wildman–Crippen LogP) is 7.05. The summed E-state index contributed by atoms with van der Waals surface area (Å²) < 4.78 is 41.2. The number of nitrogens with zero attached hydrogens (tertiary/aromatic N) is 2. The van der Waals surface area contributed by atoms with Crippen molar-refractivity contribution < 1.29 is 27.5 Å². The Morgan fingerprint density at radius 2 is 1.44 bits per heavy atom. The van der Waals surface area contributed by atoms with Crippen molar-refractivity contribution in [1.82, 2.24) is 10.2 Å². The van der Waals surface area contributed by atoms with E-state index in [9.17, 15) is 18.0 Å². The maximum Gasteiger partial charge on any atom is 0.264 e. The van der Waals surface area contributed by atoms with Crippen LogP contribution in [-0.4, -0.2) is 57.0 Å². The van der Waals surface area contributed by atoms with Crippen LogP contribution >= 0.6 is 23.2 Å². The first-order valence-electron chi connectivity index (χ1n) is 16.7. The highest BCUT2D eigenvalue weighted by Crippen LogP contribution is 2.36. The van der Waals surface area contributed by atoms with Crippen LogP contribution in [0.15, 0.2) is 102 Å². The van der Waals surface area contributed by atoms with Crippen LogP contribution in [0.4, 0.5) is 5.69 Å². The number of amides is 2. The number of carbonyl (C=O) groups is 2. The summed E-state index contributed by atoms with van der Waals surface area (Å²) >= 11 is 13.3. The molecule has 262 valence electrons. The van der Waals surface area contributed by atoms with Gasteiger partial charge < -0.3 is 19.7 Å². The zero-order valence-electron chi connectivity index (χ0n) is 27.5. The van der Waals surface area contributed by atoms with Gasteiger partial charge in [-0.15, -0.1) is 0 Å². The lowest BCUT2D eigenvalue weighted by Crippen LogP contribution is -2.55. The summed E-state index contributed by atoms with van der Waals surface area (Å²) in [4.78, 5) is 30.6. The van der Waals surface area contributed by atoms with Gasteiger partial charge in [0.1, 0.15) is 25.8 Å². The minimum Gasteiger partial charge on any atom is -0.486 e. The molecule has 1 aliphatic heterocycles. The minimum absolute atomic E-state index is 0.000681. The van der Waals surface area contributed by atoms with Gasteiger partial charge in [-0.25, -0.2) is 8.42 Å². The molecule has 4 aromatic rings. The highest BCUT2D eigenvalue weighted by Gasteiger charge is 2.36. The van der Waals surface area contributed by atoms with Crippen LogP contribution in [-0.2, 0) is 32.6 Å². The molecular formula is C38H39Cl2N3O6S. The first-order valence-corrected chi connectivity index (χ1v) is 18.9. The lowest BCUT2D eigenvalue weighted by molar-refractivity contribution is -0.140. The van der Waals surface area contributed by atoms with Crippen molar-refractivity contribution in [3.05, 3.63) is 118 Å². The molecule has 0 saturated heterocycles. The number of hydrogen-bond donors (Lipinski definition) is 1. The zero-order chi connectivity index (χ0) is 35.1. The fraction of sp³-hybridized carbons (Fsp3) is 0.316.